The molecule has 0 aliphatic heterocycles. The number of phosphoric acid groups is 1. The fraction of sp³-hybridized carbons (Fsp3) is 0. The topological polar surface area (TPSA) is 77.8 Å². The molecule has 3 N–H and O–H groups in total. The monoisotopic (exact) mass is 194 g/mol. The van der Waals surface area contributed by atoms with Crippen molar-refractivity contribution in [3.05, 3.63) is 0 Å². The molecule has 0 saturated heterocycles. The molecule has 0 heterocycles. The average molecular weight is 194 g/mol. The summed E-state index contributed by atoms with van der Waals surface area (Å²) >= 11 is 0. The maximum Gasteiger partial charge on any atom is 1.00 e. The SMILES string of the molecule is O=P(O)(O)O.[Fe].[H-].[K+]. The fourth-order valence-corrected chi connectivity index (χ4v) is 0. The normalized spacial score (nSPS) is 8.43. The Morgan fingerprint density at radius 2 is 1.29 bits per heavy atom. The second kappa shape index (κ2) is 6.39. The Hall–Kier alpha value is 2.27. The van der Waals surface area contributed by atoms with Gasteiger partial charge in [-0.3, -0.25) is 0 Å². The first-order chi connectivity index (χ1) is 2.00. The van der Waals surface area contributed by atoms with Crippen molar-refractivity contribution in [2.24, 2.45) is 0 Å². The molecule has 0 radical (unpaired) electrons. The average Bonchev–Trinajstić information content (AvgIpc) is 0.722. The quantitative estimate of drug-likeness (QED) is 0.273. The minimum absolute atomic E-state index is 0. The molecule has 7 heteroatoms. The first kappa shape index (κ1) is 16.1. The van der Waals surface area contributed by atoms with E-state index in [2.05, 4.69) is 0 Å². The van der Waals surface area contributed by atoms with Crippen LogP contribution in [0.3, 0.4) is 0 Å². The Morgan fingerprint density at radius 3 is 1.29 bits per heavy atom. The Kier molecular flexibility index (Phi) is 14.7. The predicted octanol–water partition coefficient (Wildman–Crippen LogP) is -3.81. The van der Waals surface area contributed by atoms with E-state index in [0.717, 1.165) is 0 Å². The van der Waals surface area contributed by atoms with E-state index in [9.17, 15) is 0 Å². The Labute approximate surface area is 95.3 Å². The zero-order valence-corrected chi connectivity index (χ0v) is 8.67. The molecular formula is H4FeKO4P. The molecule has 0 aromatic carbocycles. The fourth-order valence-electron chi connectivity index (χ4n) is 0. The maximum atomic E-state index is 8.88. The van der Waals surface area contributed by atoms with Gasteiger partial charge >= 0.3 is 59.2 Å². The standard InChI is InChI=1S/Fe.K.H3O4P.H/c;;1-5(2,3)4;/h;;(H3,1,2,3,4);/q;+1;;-1. The molecule has 0 unspecified atom stereocenters. The summed E-state index contributed by atoms with van der Waals surface area (Å²) in [6, 6.07) is 0. The van der Waals surface area contributed by atoms with E-state index in [1.54, 1.807) is 0 Å². The van der Waals surface area contributed by atoms with Crippen molar-refractivity contribution >= 4 is 7.82 Å². The van der Waals surface area contributed by atoms with Crippen molar-refractivity contribution in [2.45, 2.75) is 0 Å². The Balaban J connectivity index is -0.0000000267. The van der Waals surface area contributed by atoms with E-state index in [4.69, 9.17) is 19.2 Å². The van der Waals surface area contributed by atoms with Gasteiger partial charge in [0.1, 0.15) is 0 Å². The largest absolute Gasteiger partial charge is 1.00 e. The van der Waals surface area contributed by atoms with Gasteiger partial charge < -0.3 is 16.1 Å². The molecule has 0 rings (SSSR count). The minimum Gasteiger partial charge on any atom is -1.00 e. The first-order valence-electron chi connectivity index (χ1n) is 0.783. The number of hydrogen-bond acceptors (Lipinski definition) is 1. The van der Waals surface area contributed by atoms with Gasteiger partial charge in [0.05, 0.1) is 0 Å². The molecule has 0 saturated carbocycles. The molecular weight excluding hydrogens is 190 g/mol. The van der Waals surface area contributed by atoms with Gasteiger partial charge in [-0.15, -0.1) is 0 Å². The van der Waals surface area contributed by atoms with Crippen LogP contribution < -0.4 is 51.4 Å². The molecule has 7 heavy (non-hydrogen) atoms. The molecule has 4 nitrogen and oxygen atoms in total. The van der Waals surface area contributed by atoms with Gasteiger partial charge in [-0.05, 0) is 0 Å². The predicted molar refractivity (Wildman–Crippen MR) is 15.4 cm³/mol. The smallest absolute Gasteiger partial charge is 1.00 e. The third kappa shape index (κ3) is 63.2. The van der Waals surface area contributed by atoms with Crippen LogP contribution in [0, 0.1) is 0 Å². The second-order valence-electron chi connectivity index (χ2n) is 0.513. The second-order valence-corrected chi connectivity index (χ2v) is 1.54. The summed E-state index contributed by atoms with van der Waals surface area (Å²) in [7, 11) is -4.64. The Bertz CT molecular complexity index is 62.2. The van der Waals surface area contributed by atoms with E-state index in [-0.39, 0.29) is 69.9 Å². The van der Waals surface area contributed by atoms with Crippen LogP contribution in [0.1, 0.15) is 1.43 Å². The van der Waals surface area contributed by atoms with Gasteiger partial charge in [0, 0.05) is 17.1 Å². The van der Waals surface area contributed by atoms with E-state index < -0.39 is 7.82 Å². The molecule has 42 valence electrons. The van der Waals surface area contributed by atoms with Crippen LogP contribution in [0.4, 0.5) is 0 Å². The third-order valence-electron chi connectivity index (χ3n) is 0. The summed E-state index contributed by atoms with van der Waals surface area (Å²) in [4.78, 5) is 21.6. The van der Waals surface area contributed by atoms with Crippen LogP contribution >= 0.6 is 7.82 Å². The molecule has 0 aliphatic rings. The summed E-state index contributed by atoms with van der Waals surface area (Å²) in [5, 5.41) is 0. The summed E-state index contributed by atoms with van der Waals surface area (Å²) in [5.41, 5.74) is 0. The molecule has 0 aromatic rings. The van der Waals surface area contributed by atoms with Crippen molar-refractivity contribution in [3.63, 3.8) is 0 Å². The molecule has 0 atom stereocenters. The van der Waals surface area contributed by atoms with Gasteiger partial charge in [0.15, 0.2) is 0 Å². The number of hydrogen-bond donors (Lipinski definition) is 3. The van der Waals surface area contributed by atoms with E-state index >= 15 is 0 Å². The van der Waals surface area contributed by atoms with Crippen molar-refractivity contribution in [3.8, 4) is 0 Å². The molecule has 0 fully saturated rings. The van der Waals surface area contributed by atoms with Gasteiger partial charge in [0.2, 0.25) is 0 Å². The van der Waals surface area contributed by atoms with Gasteiger partial charge in [-0.2, -0.15) is 0 Å². The van der Waals surface area contributed by atoms with E-state index in [1.165, 1.54) is 0 Å². The third-order valence-corrected chi connectivity index (χ3v) is 0. The molecule has 0 aliphatic carbocycles. The minimum atomic E-state index is -4.64. The zero-order valence-electron chi connectivity index (χ0n) is 4.55. The summed E-state index contributed by atoms with van der Waals surface area (Å²) < 4.78 is 8.88. The van der Waals surface area contributed by atoms with Crippen LogP contribution in [0.5, 0.6) is 0 Å². The van der Waals surface area contributed by atoms with Crippen molar-refractivity contribution in [2.75, 3.05) is 0 Å². The van der Waals surface area contributed by atoms with Crippen LogP contribution in [0.15, 0.2) is 0 Å². The molecule has 0 bridgehead atoms. The first-order valence-corrected chi connectivity index (χ1v) is 2.35. The van der Waals surface area contributed by atoms with Crippen LogP contribution in [-0.4, -0.2) is 14.7 Å². The summed E-state index contributed by atoms with van der Waals surface area (Å²) in [5.74, 6) is 0. The van der Waals surface area contributed by atoms with Crippen molar-refractivity contribution < 1.29 is 89.1 Å². The Morgan fingerprint density at radius 1 is 1.29 bits per heavy atom. The van der Waals surface area contributed by atoms with Crippen LogP contribution in [0.25, 0.3) is 0 Å². The van der Waals surface area contributed by atoms with Gasteiger partial charge in [-0.1, -0.05) is 0 Å². The van der Waals surface area contributed by atoms with Gasteiger partial charge in [0.25, 0.3) is 0 Å². The van der Waals surface area contributed by atoms with Crippen LogP contribution in [-0.2, 0) is 21.6 Å². The van der Waals surface area contributed by atoms with Gasteiger partial charge in [-0.25, -0.2) is 4.57 Å². The molecule has 0 amide bonds. The van der Waals surface area contributed by atoms with E-state index in [1.807, 2.05) is 0 Å². The summed E-state index contributed by atoms with van der Waals surface area (Å²) in [6.45, 7) is 0. The van der Waals surface area contributed by atoms with E-state index in [0.29, 0.717) is 0 Å². The maximum absolute atomic E-state index is 8.88. The zero-order chi connectivity index (χ0) is 4.50. The molecule has 0 spiro atoms. The van der Waals surface area contributed by atoms with Crippen molar-refractivity contribution in [1.29, 1.82) is 0 Å². The number of rotatable bonds is 0. The van der Waals surface area contributed by atoms with Crippen molar-refractivity contribution in [1.82, 2.24) is 0 Å². The molecule has 0 aromatic heterocycles. The summed E-state index contributed by atoms with van der Waals surface area (Å²) in [6.07, 6.45) is 0. The van der Waals surface area contributed by atoms with Crippen LogP contribution in [0.2, 0.25) is 0 Å².